The van der Waals surface area contributed by atoms with Crippen LogP contribution in [0.25, 0.3) is 33.5 Å². The molecule has 0 atom stereocenters. The lowest BCUT2D eigenvalue weighted by Crippen LogP contribution is -2.44. The summed E-state index contributed by atoms with van der Waals surface area (Å²) < 4.78 is 37.7. The summed E-state index contributed by atoms with van der Waals surface area (Å²) in [6.45, 7) is 2.29. The SMILES string of the molecule is COCCN(C)Cc1cc(O)ccc1-c1cccc(-n2c(=O)n(C3CCC(NCc4cn5cc(F)ccc5n4)CC3)c(=O)c3cc(F)cnc32)c1. The number of hydrogen-bond donors (Lipinski definition) is 2. The fourth-order valence-electron chi connectivity index (χ4n) is 7.05. The standard InChI is InChI=1S/C38H39F2N7O4/c1-44(14-15-51-2)21-25-17-32(48)11-12-33(25)24-4-3-5-31(16-24)46-36-34(18-27(40)19-42-36)37(49)47(38(46)50)30-9-7-28(8-10-30)41-20-29-23-45-22-26(39)6-13-35(45)43-29/h3-6,11-13,16-19,22-23,28,30,41,48H,7-10,14-15,20-21H2,1-2H3. The zero-order chi connectivity index (χ0) is 35.6. The van der Waals surface area contributed by atoms with Gasteiger partial charge in [0.25, 0.3) is 5.56 Å². The third-order valence-electron chi connectivity index (χ3n) is 9.61. The topological polar surface area (TPSA) is 119 Å². The lowest BCUT2D eigenvalue weighted by molar-refractivity contribution is 0.158. The van der Waals surface area contributed by atoms with Crippen molar-refractivity contribution in [3.63, 3.8) is 0 Å². The Hall–Kier alpha value is -5.24. The number of imidazole rings is 1. The molecule has 0 bridgehead atoms. The zero-order valence-electron chi connectivity index (χ0n) is 28.4. The first-order valence-corrected chi connectivity index (χ1v) is 17.0. The first kappa shape index (κ1) is 34.2. The van der Waals surface area contributed by atoms with Crippen LogP contribution in [0.4, 0.5) is 8.78 Å². The van der Waals surface area contributed by atoms with Crippen molar-refractivity contribution in [3.8, 4) is 22.6 Å². The molecule has 1 aliphatic carbocycles. The summed E-state index contributed by atoms with van der Waals surface area (Å²) in [5.74, 6) is -0.864. The molecule has 0 unspecified atom stereocenters. The molecule has 13 heteroatoms. The summed E-state index contributed by atoms with van der Waals surface area (Å²) in [5.41, 5.74) is 3.44. The normalized spacial score (nSPS) is 16.4. The van der Waals surface area contributed by atoms with Gasteiger partial charge in [-0.15, -0.1) is 0 Å². The number of methoxy groups -OCH3 is 1. The average Bonchev–Trinajstić information content (AvgIpc) is 3.53. The van der Waals surface area contributed by atoms with Crippen molar-refractivity contribution in [1.82, 2.24) is 33.7 Å². The molecule has 0 saturated heterocycles. The number of likely N-dealkylation sites (N-methyl/N-ethyl adjacent to an activating group) is 1. The van der Waals surface area contributed by atoms with Crippen molar-refractivity contribution in [3.05, 3.63) is 123 Å². The highest BCUT2D eigenvalue weighted by atomic mass is 19.1. The summed E-state index contributed by atoms with van der Waals surface area (Å²) >= 11 is 0. The maximum Gasteiger partial charge on any atom is 0.337 e. The van der Waals surface area contributed by atoms with Crippen LogP contribution in [-0.2, 0) is 17.8 Å². The van der Waals surface area contributed by atoms with Crippen LogP contribution in [0.2, 0.25) is 0 Å². The number of nitrogens with zero attached hydrogens (tertiary/aromatic N) is 6. The van der Waals surface area contributed by atoms with Crippen LogP contribution in [0.15, 0.2) is 88.8 Å². The molecule has 2 N–H and O–H groups in total. The largest absolute Gasteiger partial charge is 0.508 e. The van der Waals surface area contributed by atoms with Gasteiger partial charge in [0, 0.05) is 51.2 Å². The Balaban J connectivity index is 1.18. The zero-order valence-corrected chi connectivity index (χ0v) is 28.4. The molecule has 0 amide bonds. The molecule has 4 aromatic heterocycles. The molecule has 2 aromatic carbocycles. The molecule has 0 radical (unpaired) electrons. The number of benzene rings is 2. The molecule has 51 heavy (non-hydrogen) atoms. The lowest BCUT2D eigenvalue weighted by Gasteiger charge is -2.30. The molecule has 0 spiro atoms. The maximum atomic E-state index is 14.6. The predicted octanol–water partition coefficient (Wildman–Crippen LogP) is 5.20. The van der Waals surface area contributed by atoms with E-state index < -0.39 is 23.1 Å². The van der Waals surface area contributed by atoms with Crippen molar-refractivity contribution in [2.24, 2.45) is 0 Å². The van der Waals surface area contributed by atoms with Gasteiger partial charge in [0.05, 0.1) is 29.6 Å². The number of aromatic hydroxyl groups is 1. The number of aromatic nitrogens is 5. The number of phenolic OH excluding ortho intramolecular Hbond substituents is 1. The van der Waals surface area contributed by atoms with Gasteiger partial charge in [-0.25, -0.2) is 28.1 Å². The van der Waals surface area contributed by atoms with Crippen LogP contribution in [0, 0.1) is 11.6 Å². The van der Waals surface area contributed by atoms with E-state index in [1.54, 1.807) is 42.0 Å². The molecule has 4 heterocycles. The molecule has 1 fully saturated rings. The molecule has 1 saturated carbocycles. The second kappa shape index (κ2) is 14.5. The van der Waals surface area contributed by atoms with Gasteiger partial charge < -0.3 is 19.6 Å². The number of phenols is 1. The van der Waals surface area contributed by atoms with E-state index in [2.05, 4.69) is 20.2 Å². The molecular weight excluding hydrogens is 656 g/mol. The summed E-state index contributed by atoms with van der Waals surface area (Å²) in [5, 5.41) is 13.9. The van der Waals surface area contributed by atoms with Crippen molar-refractivity contribution in [2.75, 3.05) is 27.3 Å². The van der Waals surface area contributed by atoms with E-state index in [1.807, 2.05) is 31.3 Å². The lowest BCUT2D eigenvalue weighted by atomic mass is 9.91. The second-order valence-electron chi connectivity index (χ2n) is 13.2. The molecule has 0 aliphatic heterocycles. The number of nitrogens with one attached hydrogen (secondary N) is 1. The Morgan fingerprint density at radius 1 is 1.00 bits per heavy atom. The van der Waals surface area contributed by atoms with Crippen LogP contribution < -0.4 is 16.6 Å². The van der Waals surface area contributed by atoms with E-state index in [9.17, 15) is 23.5 Å². The Kier molecular flexibility index (Phi) is 9.76. The third-order valence-corrected chi connectivity index (χ3v) is 9.61. The number of halogens is 2. The van der Waals surface area contributed by atoms with Crippen LogP contribution in [0.5, 0.6) is 5.75 Å². The van der Waals surface area contributed by atoms with Gasteiger partial charge >= 0.3 is 5.69 Å². The van der Waals surface area contributed by atoms with E-state index in [-0.39, 0.29) is 28.6 Å². The van der Waals surface area contributed by atoms with Crippen LogP contribution in [-0.4, -0.2) is 66.9 Å². The van der Waals surface area contributed by atoms with Gasteiger partial charge in [0.1, 0.15) is 23.0 Å². The highest BCUT2D eigenvalue weighted by Crippen LogP contribution is 2.31. The highest BCUT2D eigenvalue weighted by Gasteiger charge is 2.27. The van der Waals surface area contributed by atoms with Gasteiger partial charge in [0.2, 0.25) is 0 Å². The molecule has 11 nitrogen and oxygen atoms in total. The quantitative estimate of drug-likeness (QED) is 0.190. The van der Waals surface area contributed by atoms with E-state index in [1.165, 1.54) is 21.4 Å². The van der Waals surface area contributed by atoms with Gasteiger partial charge in [-0.1, -0.05) is 18.2 Å². The van der Waals surface area contributed by atoms with Gasteiger partial charge in [0.15, 0.2) is 5.65 Å². The van der Waals surface area contributed by atoms with E-state index in [0.717, 1.165) is 34.6 Å². The van der Waals surface area contributed by atoms with Crippen molar-refractivity contribution in [1.29, 1.82) is 0 Å². The fraction of sp³-hybridized carbons (Fsp3) is 0.316. The predicted molar refractivity (Wildman–Crippen MR) is 190 cm³/mol. The van der Waals surface area contributed by atoms with Gasteiger partial charge in [-0.3, -0.25) is 14.3 Å². The summed E-state index contributed by atoms with van der Waals surface area (Å²) in [6, 6.07) is 16.4. The number of hydrogen-bond acceptors (Lipinski definition) is 8. The molecule has 264 valence electrons. The van der Waals surface area contributed by atoms with Crippen LogP contribution >= 0.6 is 0 Å². The Bertz CT molecular complexity index is 2330. The van der Waals surface area contributed by atoms with Crippen LogP contribution in [0.1, 0.15) is 43.0 Å². The van der Waals surface area contributed by atoms with E-state index in [4.69, 9.17) is 4.74 Å². The first-order valence-electron chi connectivity index (χ1n) is 17.0. The summed E-state index contributed by atoms with van der Waals surface area (Å²) in [7, 11) is 3.62. The minimum Gasteiger partial charge on any atom is -0.508 e. The maximum absolute atomic E-state index is 14.6. The van der Waals surface area contributed by atoms with E-state index in [0.29, 0.717) is 63.3 Å². The number of fused-ring (bicyclic) bond motifs is 2. The number of pyridine rings is 2. The fourth-order valence-corrected chi connectivity index (χ4v) is 7.05. The van der Waals surface area contributed by atoms with Gasteiger partial charge in [-0.2, -0.15) is 0 Å². The van der Waals surface area contributed by atoms with Crippen molar-refractivity contribution < 1.29 is 18.6 Å². The smallest absolute Gasteiger partial charge is 0.337 e. The Morgan fingerprint density at radius 2 is 1.82 bits per heavy atom. The average molecular weight is 696 g/mol. The monoisotopic (exact) mass is 695 g/mol. The summed E-state index contributed by atoms with van der Waals surface area (Å²) in [6.07, 6.45) is 6.72. The third kappa shape index (κ3) is 7.18. The molecule has 1 aliphatic rings. The Labute approximate surface area is 292 Å². The van der Waals surface area contributed by atoms with Crippen molar-refractivity contribution in [2.45, 2.75) is 50.9 Å². The second-order valence-corrected chi connectivity index (χ2v) is 13.2. The number of ether oxygens (including phenoxy) is 1. The van der Waals surface area contributed by atoms with E-state index >= 15 is 0 Å². The minimum absolute atomic E-state index is 0.0219. The highest BCUT2D eigenvalue weighted by molar-refractivity contribution is 5.77. The minimum atomic E-state index is -0.668. The van der Waals surface area contributed by atoms with Gasteiger partial charge in [-0.05, 0) is 91.9 Å². The summed E-state index contributed by atoms with van der Waals surface area (Å²) in [4.78, 5) is 39.1. The van der Waals surface area contributed by atoms with Crippen molar-refractivity contribution >= 4 is 16.7 Å². The molecule has 6 aromatic rings. The first-order chi connectivity index (χ1) is 24.7. The van der Waals surface area contributed by atoms with Crippen LogP contribution in [0.3, 0.4) is 0 Å². The Morgan fingerprint density at radius 3 is 2.63 bits per heavy atom. The molecule has 7 rings (SSSR count). The molecular formula is C38H39F2N7O4. The number of rotatable bonds is 11.